The van der Waals surface area contributed by atoms with E-state index in [4.69, 9.17) is 10.5 Å². The van der Waals surface area contributed by atoms with Gasteiger partial charge in [-0.3, -0.25) is 0 Å². The van der Waals surface area contributed by atoms with Gasteiger partial charge in [-0.15, -0.1) is 0 Å². The van der Waals surface area contributed by atoms with Gasteiger partial charge in [-0.25, -0.2) is 4.98 Å². The van der Waals surface area contributed by atoms with Crippen LogP contribution >= 0.6 is 0 Å². The van der Waals surface area contributed by atoms with Crippen LogP contribution in [0.4, 0.5) is 5.82 Å². The summed E-state index contributed by atoms with van der Waals surface area (Å²) in [5, 5.41) is 0. The van der Waals surface area contributed by atoms with E-state index in [2.05, 4.69) is 4.98 Å². The molecule has 2 aromatic rings. The maximum atomic E-state index is 5.70. The molecule has 0 saturated heterocycles. The molecule has 0 aliphatic rings. The van der Waals surface area contributed by atoms with Crippen molar-refractivity contribution in [3.05, 3.63) is 42.6 Å². The number of hydrogen-bond acceptors (Lipinski definition) is 3. The van der Waals surface area contributed by atoms with Gasteiger partial charge in [0.15, 0.2) is 11.6 Å². The molecule has 0 aliphatic heterocycles. The summed E-state index contributed by atoms with van der Waals surface area (Å²) in [4.78, 5) is 4.03. The highest BCUT2D eigenvalue weighted by Gasteiger charge is 2.02. The van der Waals surface area contributed by atoms with Gasteiger partial charge < -0.3 is 10.5 Å². The monoisotopic (exact) mass is 198 g/mol. The lowest BCUT2D eigenvalue weighted by Crippen LogP contribution is -2.06. The highest BCUT2D eigenvalue weighted by atomic mass is 16.5. The quantitative estimate of drug-likeness (QED) is 0.723. The summed E-state index contributed by atoms with van der Waals surface area (Å²) in [5.41, 5.74) is 6.72. The normalized spacial score (nSPS) is 9.87. The lowest BCUT2D eigenvalue weighted by molar-refractivity contribution is 0.483. The minimum atomic E-state index is 0.407. The minimum absolute atomic E-state index is 0.407. The average Bonchev–Trinajstić information content (AvgIpc) is 2.25. The number of aromatic nitrogens is 1. The predicted octanol–water partition coefficient (Wildman–Crippen LogP) is 0.715. The van der Waals surface area contributed by atoms with Gasteiger partial charge in [0.05, 0.1) is 0 Å². The van der Waals surface area contributed by atoms with Crippen LogP contribution in [0.3, 0.4) is 0 Å². The Hall–Kier alpha value is -1.97. The maximum Gasteiger partial charge on any atom is 0.168 e. The number of rotatable bonds is 2. The third-order valence-electron chi connectivity index (χ3n) is 1.99. The van der Waals surface area contributed by atoms with E-state index in [9.17, 15) is 0 Å². The molecule has 0 saturated carbocycles. The van der Waals surface area contributed by atoms with E-state index in [1.165, 1.54) is 0 Å². The Morgan fingerprint density at radius 2 is 1.93 bits per heavy atom. The summed E-state index contributed by atoms with van der Waals surface area (Å²) in [6, 6.07) is 11.4. The number of nitrogens with zero attached hydrogens (tertiary/aromatic N) is 1. The fourth-order valence-electron chi connectivity index (χ4n) is 1.25. The topological polar surface area (TPSA) is 48.1 Å². The van der Waals surface area contributed by atoms with Crippen molar-refractivity contribution in [3.8, 4) is 11.5 Å². The highest BCUT2D eigenvalue weighted by Crippen LogP contribution is 2.23. The zero-order valence-corrected chi connectivity index (χ0v) is 8.47. The molecule has 15 heavy (non-hydrogen) atoms. The fraction of sp³-hybridized carbons (Fsp3) is 0. The molecule has 0 unspecified atom stereocenters. The fourth-order valence-corrected chi connectivity index (χ4v) is 1.25. The summed E-state index contributed by atoms with van der Waals surface area (Å²) < 4.78 is 5.60. The molecule has 0 fully saturated rings. The molecule has 74 valence electrons. The summed E-state index contributed by atoms with van der Waals surface area (Å²) in [6.45, 7) is 0. The number of ether oxygens (including phenoxy) is 1. The maximum absolute atomic E-state index is 5.70. The molecule has 1 heterocycles. The molecular weight excluding hydrogens is 187 g/mol. The zero-order valence-electron chi connectivity index (χ0n) is 8.47. The van der Waals surface area contributed by atoms with Gasteiger partial charge >= 0.3 is 0 Å². The molecule has 4 heteroatoms. The van der Waals surface area contributed by atoms with E-state index >= 15 is 0 Å². The van der Waals surface area contributed by atoms with E-state index in [0.29, 0.717) is 11.6 Å². The van der Waals surface area contributed by atoms with Gasteiger partial charge in [0.2, 0.25) is 0 Å². The van der Waals surface area contributed by atoms with Crippen LogP contribution in [-0.4, -0.2) is 12.8 Å². The number of benzene rings is 1. The number of para-hydroxylation sites is 1. The van der Waals surface area contributed by atoms with Crippen LogP contribution in [0.25, 0.3) is 0 Å². The van der Waals surface area contributed by atoms with Crippen molar-refractivity contribution < 1.29 is 4.74 Å². The lowest BCUT2D eigenvalue weighted by Gasteiger charge is -2.07. The van der Waals surface area contributed by atoms with E-state index < -0.39 is 0 Å². The SMILES string of the molecule is Bc1cnc(N)c(Oc2ccccc2)c1. The summed E-state index contributed by atoms with van der Waals surface area (Å²) in [7, 11) is 1.95. The molecule has 0 amide bonds. The second-order valence-corrected chi connectivity index (χ2v) is 3.31. The van der Waals surface area contributed by atoms with Gasteiger partial charge in [0, 0.05) is 6.20 Å². The van der Waals surface area contributed by atoms with Crippen LogP contribution < -0.4 is 15.9 Å². The van der Waals surface area contributed by atoms with Crippen molar-refractivity contribution in [2.45, 2.75) is 0 Å². The number of hydrogen-bond donors (Lipinski definition) is 1. The Labute approximate surface area is 89.3 Å². The number of anilines is 1. The van der Waals surface area contributed by atoms with Gasteiger partial charge in [-0.1, -0.05) is 23.7 Å². The van der Waals surface area contributed by atoms with Crippen LogP contribution in [0.15, 0.2) is 42.6 Å². The first kappa shape index (κ1) is 9.58. The number of pyridine rings is 1. The van der Waals surface area contributed by atoms with Gasteiger partial charge in [0.25, 0.3) is 0 Å². The van der Waals surface area contributed by atoms with Crippen molar-refractivity contribution >= 4 is 19.1 Å². The molecule has 2 N–H and O–H groups in total. The first-order chi connectivity index (χ1) is 7.25. The Kier molecular flexibility index (Phi) is 2.58. The Morgan fingerprint density at radius 3 is 2.67 bits per heavy atom. The van der Waals surface area contributed by atoms with Crippen molar-refractivity contribution in [1.29, 1.82) is 0 Å². The average molecular weight is 198 g/mol. The van der Waals surface area contributed by atoms with Crippen molar-refractivity contribution in [2.75, 3.05) is 5.73 Å². The van der Waals surface area contributed by atoms with E-state index in [-0.39, 0.29) is 0 Å². The molecule has 1 aromatic heterocycles. The molecule has 0 radical (unpaired) electrons. The molecule has 0 bridgehead atoms. The standard InChI is InChI=1S/C11H11BN2O/c12-8-6-10(11(13)14-7-8)15-9-4-2-1-3-5-9/h1-7H,12H2,(H2,13,14). The van der Waals surface area contributed by atoms with Gasteiger partial charge in [-0.2, -0.15) is 0 Å². The first-order valence-electron chi connectivity index (χ1n) is 4.71. The van der Waals surface area contributed by atoms with Crippen molar-refractivity contribution in [1.82, 2.24) is 4.98 Å². The van der Waals surface area contributed by atoms with Crippen molar-refractivity contribution in [2.24, 2.45) is 0 Å². The molecule has 2 rings (SSSR count). The second-order valence-electron chi connectivity index (χ2n) is 3.31. The Balaban J connectivity index is 2.28. The predicted molar refractivity (Wildman–Crippen MR) is 63.3 cm³/mol. The Bertz CT molecular complexity index is 459. The van der Waals surface area contributed by atoms with Crippen LogP contribution in [0.1, 0.15) is 0 Å². The number of nitrogen functional groups attached to an aromatic ring is 1. The molecule has 1 aromatic carbocycles. The first-order valence-corrected chi connectivity index (χ1v) is 4.71. The second kappa shape index (κ2) is 4.04. The van der Waals surface area contributed by atoms with Crippen molar-refractivity contribution in [3.63, 3.8) is 0 Å². The third-order valence-corrected chi connectivity index (χ3v) is 1.99. The van der Waals surface area contributed by atoms with E-state index in [0.717, 1.165) is 11.2 Å². The summed E-state index contributed by atoms with van der Waals surface area (Å²) in [6.07, 6.45) is 1.72. The third kappa shape index (κ3) is 2.28. The molecule has 0 atom stereocenters. The van der Waals surface area contributed by atoms with E-state index in [1.54, 1.807) is 6.20 Å². The summed E-state index contributed by atoms with van der Waals surface area (Å²) in [5.74, 6) is 1.77. The zero-order chi connectivity index (χ0) is 10.7. The van der Waals surface area contributed by atoms with Crippen LogP contribution in [0, 0.1) is 0 Å². The van der Waals surface area contributed by atoms with Gasteiger partial charge in [-0.05, 0) is 18.2 Å². The largest absolute Gasteiger partial charge is 0.454 e. The molecular formula is C11H11BN2O. The van der Waals surface area contributed by atoms with Crippen LogP contribution in [0.2, 0.25) is 0 Å². The lowest BCUT2D eigenvalue weighted by atomic mass is 9.99. The summed E-state index contributed by atoms with van der Waals surface area (Å²) >= 11 is 0. The smallest absolute Gasteiger partial charge is 0.168 e. The Morgan fingerprint density at radius 1 is 1.20 bits per heavy atom. The molecule has 0 aliphatic carbocycles. The highest BCUT2D eigenvalue weighted by molar-refractivity contribution is 6.32. The molecule has 3 nitrogen and oxygen atoms in total. The van der Waals surface area contributed by atoms with Crippen LogP contribution in [0.5, 0.6) is 11.5 Å². The van der Waals surface area contributed by atoms with Crippen LogP contribution in [-0.2, 0) is 0 Å². The van der Waals surface area contributed by atoms with Gasteiger partial charge in [0.1, 0.15) is 13.6 Å². The minimum Gasteiger partial charge on any atom is -0.454 e. The number of nitrogens with two attached hydrogens (primary N) is 1. The van der Waals surface area contributed by atoms with E-state index in [1.807, 2.05) is 44.2 Å². The molecule has 0 spiro atoms.